The number of halogens is 3. The Labute approximate surface area is 110 Å². The molecule has 1 aromatic carbocycles. The zero-order valence-corrected chi connectivity index (χ0v) is 11.6. The lowest BCUT2D eigenvalue weighted by atomic mass is 10.1. The van der Waals surface area contributed by atoms with E-state index in [1.165, 1.54) is 18.2 Å². The number of hydrogen-bond acceptors (Lipinski definition) is 3. The van der Waals surface area contributed by atoms with Crippen molar-refractivity contribution in [2.24, 2.45) is 0 Å². The lowest BCUT2D eigenvalue weighted by Crippen LogP contribution is -2.10. The molecule has 0 radical (unpaired) electrons. The number of alkyl halides is 3. The van der Waals surface area contributed by atoms with Gasteiger partial charge in [-0.2, -0.15) is 13.2 Å². The second-order valence-electron chi connectivity index (χ2n) is 3.76. The fourth-order valence-corrected chi connectivity index (χ4v) is 3.40. The first-order chi connectivity index (χ1) is 8.82. The molecule has 108 valence electrons. The van der Waals surface area contributed by atoms with Gasteiger partial charge in [-0.05, 0) is 25.5 Å². The molecular weight excluding hydrogens is 280 g/mol. The van der Waals surface area contributed by atoms with Gasteiger partial charge in [0.25, 0.3) is 0 Å². The molecule has 0 aliphatic heterocycles. The molecule has 0 bridgehead atoms. The molecule has 1 aromatic rings. The predicted octanol–water partition coefficient (Wildman–Crippen LogP) is 4.47. The third-order valence-electron chi connectivity index (χ3n) is 2.34. The van der Waals surface area contributed by atoms with Crippen LogP contribution in [0.2, 0.25) is 0 Å². The highest BCUT2D eigenvalue weighted by atomic mass is 31.2. The predicted molar refractivity (Wildman–Crippen MR) is 66.0 cm³/mol. The topological polar surface area (TPSA) is 35.5 Å². The van der Waals surface area contributed by atoms with Crippen molar-refractivity contribution < 1.29 is 26.8 Å². The summed E-state index contributed by atoms with van der Waals surface area (Å²) in [5.74, 6) is 0. The van der Waals surface area contributed by atoms with Crippen molar-refractivity contribution in [3.05, 3.63) is 35.4 Å². The minimum absolute atomic E-state index is 0.0831. The van der Waals surface area contributed by atoms with Crippen molar-refractivity contribution in [2.45, 2.75) is 26.2 Å². The standard InChI is InChI=1S/C12H16F3O3P/c1-3-17-19(16,18-4-2)9-10-7-5-6-8-11(10)12(13,14)15/h5-8H,3-4,9H2,1-2H3. The van der Waals surface area contributed by atoms with Gasteiger partial charge in [-0.15, -0.1) is 0 Å². The highest BCUT2D eigenvalue weighted by molar-refractivity contribution is 7.53. The Bertz CT molecular complexity index is 450. The van der Waals surface area contributed by atoms with Crippen molar-refractivity contribution >= 4 is 7.60 Å². The summed E-state index contributed by atoms with van der Waals surface area (Å²) in [4.78, 5) is 0. The maximum Gasteiger partial charge on any atom is 0.416 e. The molecule has 0 saturated heterocycles. The van der Waals surface area contributed by atoms with Gasteiger partial charge in [0, 0.05) is 0 Å². The molecule has 3 nitrogen and oxygen atoms in total. The average Bonchev–Trinajstić information content (AvgIpc) is 2.28. The van der Waals surface area contributed by atoms with Crippen molar-refractivity contribution in [3.8, 4) is 0 Å². The molecule has 0 unspecified atom stereocenters. The Morgan fingerprint density at radius 3 is 2.11 bits per heavy atom. The Morgan fingerprint density at radius 2 is 1.63 bits per heavy atom. The van der Waals surface area contributed by atoms with Gasteiger partial charge in [0.2, 0.25) is 0 Å². The van der Waals surface area contributed by atoms with Crippen LogP contribution in [0.25, 0.3) is 0 Å². The maximum absolute atomic E-state index is 12.8. The zero-order chi connectivity index (χ0) is 14.5. The summed E-state index contributed by atoms with van der Waals surface area (Å²) >= 11 is 0. The summed E-state index contributed by atoms with van der Waals surface area (Å²) in [5.41, 5.74) is -0.894. The molecule has 0 atom stereocenters. The van der Waals surface area contributed by atoms with Gasteiger partial charge in [-0.3, -0.25) is 4.57 Å². The molecule has 0 saturated carbocycles. The molecule has 0 spiro atoms. The Morgan fingerprint density at radius 1 is 1.11 bits per heavy atom. The van der Waals surface area contributed by atoms with Crippen LogP contribution in [0.15, 0.2) is 24.3 Å². The van der Waals surface area contributed by atoms with E-state index >= 15 is 0 Å². The van der Waals surface area contributed by atoms with Crippen LogP contribution in [-0.2, 0) is 26.0 Å². The highest BCUT2D eigenvalue weighted by Gasteiger charge is 2.35. The van der Waals surface area contributed by atoms with Gasteiger partial charge < -0.3 is 9.05 Å². The fraction of sp³-hybridized carbons (Fsp3) is 0.500. The Balaban J connectivity index is 3.07. The molecule has 0 amide bonds. The molecule has 0 aliphatic rings. The number of hydrogen-bond donors (Lipinski definition) is 0. The third kappa shape index (κ3) is 4.64. The van der Waals surface area contributed by atoms with E-state index in [1.807, 2.05) is 0 Å². The van der Waals surface area contributed by atoms with Gasteiger partial charge >= 0.3 is 13.8 Å². The summed E-state index contributed by atoms with van der Waals surface area (Å²) in [6, 6.07) is 5.00. The van der Waals surface area contributed by atoms with E-state index in [1.54, 1.807) is 13.8 Å². The molecule has 0 aromatic heterocycles. The van der Waals surface area contributed by atoms with E-state index in [2.05, 4.69) is 0 Å². The number of rotatable bonds is 6. The first-order valence-corrected chi connectivity index (χ1v) is 7.58. The summed E-state index contributed by atoms with van der Waals surface area (Å²) in [7, 11) is -3.54. The minimum Gasteiger partial charge on any atom is -0.309 e. The maximum atomic E-state index is 12.8. The zero-order valence-electron chi connectivity index (χ0n) is 10.7. The van der Waals surface area contributed by atoms with Gasteiger partial charge in [-0.25, -0.2) is 0 Å². The first-order valence-electron chi connectivity index (χ1n) is 5.85. The molecule has 7 heteroatoms. The monoisotopic (exact) mass is 296 g/mol. The van der Waals surface area contributed by atoms with Crippen LogP contribution in [0.3, 0.4) is 0 Å². The summed E-state index contributed by atoms with van der Waals surface area (Å²) in [5, 5.41) is 0. The molecule has 0 aliphatic carbocycles. The van der Waals surface area contributed by atoms with Crippen LogP contribution in [0.4, 0.5) is 13.2 Å². The van der Waals surface area contributed by atoms with Crippen LogP contribution >= 0.6 is 7.60 Å². The summed E-state index contributed by atoms with van der Waals surface area (Å²) in [6.45, 7) is 3.46. The number of benzene rings is 1. The highest BCUT2D eigenvalue weighted by Crippen LogP contribution is 2.52. The second kappa shape index (κ2) is 6.55. The van der Waals surface area contributed by atoms with Crippen molar-refractivity contribution in [2.75, 3.05) is 13.2 Å². The van der Waals surface area contributed by atoms with Crippen LogP contribution in [0.1, 0.15) is 25.0 Å². The summed E-state index contributed by atoms with van der Waals surface area (Å²) < 4.78 is 60.7. The molecule has 0 N–H and O–H groups in total. The van der Waals surface area contributed by atoms with Crippen LogP contribution in [-0.4, -0.2) is 13.2 Å². The van der Waals surface area contributed by atoms with E-state index in [4.69, 9.17) is 9.05 Å². The van der Waals surface area contributed by atoms with Gasteiger partial charge in [0.15, 0.2) is 0 Å². The molecule has 0 heterocycles. The SMILES string of the molecule is CCOP(=O)(Cc1ccccc1C(F)(F)F)OCC. The Kier molecular flexibility index (Phi) is 5.59. The van der Waals surface area contributed by atoms with Crippen molar-refractivity contribution in [1.82, 2.24) is 0 Å². The second-order valence-corrected chi connectivity index (χ2v) is 5.81. The largest absolute Gasteiger partial charge is 0.416 e. The quantitative estimate of drug-likeness (QED) is 0.726. The van der Waals surface area contributed by atoms with Gasteiger partial charge in [-0.1, -0.05) is 18.2 Å². The Hall–Kier alpha value is -0.840. The lowest BCUT2D eigenvalue weighted by molar-refractivity contribution is -0.138. The van der Waals surface area contributed by atoms with Crippen LogP contribution in [0.5, 0.6) is 0 Å². The molecule has 1 rings (SSSR count). The van der Waals surface area contributed by atoms with Gasteiger partial charge in [0.05, 0.1) is 24.9 Å². The van der Waals surface area contributed by atoms with Crippen molar-refractivity contribution in [3.63, 3.8) is 0 Å². The van der Waals surface area contributed by atoms with Gasteiger partial charge in [0.1, 0.15) is 0 Å². The van der Waals surface area contributed by atoms with E-state index in [-0.39, 0.29) is 24.9 Å². The molecular formula is C12H16F3O3P. The third-order valence-corrected chi connectivity index (χ3v) is 4.37. The van der Waals surface area contributed by atoms with E-state index in [0.29, 0.717) is 0 Å². The van der Waals surface area contributed by atoms with E-state index in [0.717, 1.165) is 6.07 Å². The minimum atomic E-state index is -4.49. The molecule has 0 fully saturated rings. The first kappa shape index (κ1) is 16.2. The normalized spacial score (nSPS) is 12.7. The average molecular weight is 296 g/mol. The fourth-order valence-electron chi connectivity index (χ4n) is 1.67. The van der Waals surface area contributed by atoms with E-state index in [9.17, 15) is 17.7 Å². The molecule has 19 heavy (non-hydrogen) atoms. The van der Waals surface area contributed by atoms with E-state index < -0.39 is 19.3 Å². The van der Waals surface area contributed by atoms with Crippen molar-refractivity contribution in [1.29, 1.82) is 0 Å². The van der Waals surface area contributed by atoms with Crippen LogP contribution in [0, 0.1) is 0 Å². The smallest absolute Gasteiger partial charge is 0.309 e. The lowest BCUT2D eigenvalue weighted by Gasteiger charge is -2.19. The van der Waals surface area contributed by atoms with Crippen LogP contribution < -0.4 is 0 Å². The summed E-state index contributed by atoms with van der Waals surface area (Å²) in [6.07, 6.45) is -4.87.